The van der Waals surface area contributed by atoms with Gasteiger partial charge < -0.3 is 4.42 Å². The molecule has 0 spiro atoms. The third-order valence-electron chi connectivity index (χ3n) is 10.0. The first-order chi connectivity index (χ1) is 25.7. The highest BCUT2D eigenvalue weighted by Gasteiger charge is 2.20. The molecule has 242 valence electrons. The highest BCUT2D eigenvalue weighted by atomic mass is 16.3. The molecule has 0 amide bonds. The van der Waals surface area contributed by atoms with E-state index in [0.29, 0.717) is 17.5 Å². The molecule has 0 bridgehead atoms. The molecule has 0 saturated carbocycles. The van der Waals surface area contributed by atoms with E-state index < -0.39 is 0 Å². The van der Waals surface area contributed by atoms with Crippen LogP contribution in [0.4, 0.5) is 0 Å². The summed E-state index contributed by atoms with van der Waals surface area (Å²) in [6.45, 7) is 0. The molecule has 0 fully saturated rings. The number of fused-ring (bicyclic) bond motifs is 6. The molecule has 0 radical (unpaired) electrons. The molecule has 11 rings (SSSR count). The third-order valence-corrected chi connectivity index (χ3v) is 10.0. The van der Waals surface area contributed by atoms with Crippen LogP contribution in [0, 0.1) is 0 Å². The number of imidazole rings is 1. The number of hydrogen-bond acceptors (Lipinski definition) is 5. The normalized spacial score (nSPS) is 11.8. The second-order valence-electron chi connectivity index (χ2n) is 13.1. The van der Waals surface area contributed by atoms with Crippen molar-refractivity contribution in [2.24, 2.45) is 0 Å². The average molecular weight is 666 g/mol. The van der Waals surface area contributed by atoms with Crippen molar-refractivity contribution < 1.29 is 4.42 Å². The SMILES string of the molecule is c1ccc(-c2nc(-c3ccccc3)nc(-c3ccc4oc5ccc(-c6ccc7c(c6)c6c(-c8ccccc8)nc8cccc7n86)cc5c4c3)n2)cc1. The summed E-state index contributed by atoms with van der Waals surface area (Å²) in [6.07, 6.45) is 0. The Kier molecular flexibility index (Phi) is 6.15. The fourth-order valence-corrected chi connectivity index (χ4v) is 7.53. The lowest BCUT2D eigenvalue weighted by molar-refractivity contribution is 0.669. The highest BCUT2D eigenvalue weighted by molar-refractivity contribution is 6.15. The van der Waals surface area contributed by atoms with Crippen LogP contribution in [0.25, 0.3) is 106 Å². The van der Waals surface area contributed by atoms with Gasteiger partial charge in [0.2, 0.25) is 0 Å². The summed E-state index contributed by atoms with van der Waals surface area (Å²) in [7, 11) is 0. The van der Waals surface area contributed by atoms with Gasteiger partial charge in [-0.1, -0.05) is 115 Å². The zero-order valence-corrected chi connectivity index (χ0v) is 27.7. The fourth-order valence-electron chi connectivity index (χ4n) is 7.53. The maximum absolute atomic E-state index is 6.36. The van der Waals surface area contributed by atoms with Crippen LogP contribution in [0.3, 0.4) is 0 Å². The van der Waals surface area contributed by atoms with Gasteiger partial charge in [0.25, 0.3) is 0 Å². The van der Waals surface area contributed by atoms with E-state index in [0.717, 1.165) is 77.7 Å². The van der Waals surface area contributed by atoms with E-state index in [1.165, 1.54) is 10.8 Å². The van der Waals surface area contributed by atoms with Crippen molar-refractivity contribution in [3.8, 4) is 56.5 Å². The van der Waals surface area contributed by atoms with Crippen LogP contribution in [-0.2, 0) is 0 Å². The zero-order chi connectivity index (χ0) is 34.2. The van der Waals surface area contributed by atoms with Crippen LogP contribution in [0.2, 0.25) is 0 Å². The molecule has 0 saturated heterocycles. The summed E-state index contributed by atoms with van der Waals surface area (Å²) in [4.78, 5) is 19.9. The molecule has 0 aliphatic rings. The first-order valence-electron chi connectivity index (χ1n) is 17.3. The quantitative estimate of drug-likeness (QED) is 0.183. The number of benzene rings is 6. The van der Waals surface area contributed by atoms with Gasteiger partial charge in [-0.05, 0) is 59.7 Å². The van der Waals surface area contributed by atoms with Crippen molar-refractivity contribution in [2.45, 2.75) is 0 Å². The van der Waals surface area contributed by atoms with Gasteiger partial charge >= 0.3 is 0 Å². The largest absolute Gasteiger partial charge is 0.456 e. The molecule has 6 aromatic carbocycles. The van der Waals surface area contributed by atoms with Crippen LogP contribution in [-0.4, -0.2) is 24.3 Å². The second-order valence-corrected chi connectivity index (χ2v) is 13.1. The monoisotopic (exact) mass is 665 g/mol. The van der Waals surface area contributed by atoms with Crippen LogP contribution < -0.4 is 0 Å². The predicted octanol–water partition coefficient (Wildman–Crippen LogP) is 11.5. The molecule has 0 aliphatic heterocycles. The van der Waals surface area contributed by atoms with Crippen LogP contribution >= 0.6 is 0 Å². The average Bonchev–Trinajstić information content (AvgIpc) is 3.90. The minimum atomic E-state index is 0.611. The van der Waals surface area contributed by atoms with Gasteiger partial charge in [-0.15, -0.1) is 0 Å². The van der Waals surface area contributed by atoms with E-state index in [1.807, 2.05) is 78.9 Å². The molecule has 0 unspecified atom stereocenters. The maximum atomic E-state index is 6.36. The Hall–Kier alpha value is -7.18. The molecule has 52 heavy (non-hydrogen) atoms. The Labute approximate surface area is 297 Å². The summed E-state index contributed by atoms with van der Waals surface area (Å²) < 4.78 is 8.65. The number of aromatic nitrogens is 5. The van der Waals surface area contributed by atoms with Crippen molar-refractivity contribution in [1.82, 2.24) is 24.3 Å². The van der Waals surface area contributed by atoms with Crippen molar-refractivity contribution in [3.63, 3.8) is 0 Å². The Morgan fingerprint density at radius 2 is 0.885 bits per heavy atom. The van der Waals surface area contributed by atoms with Gasteiger partial charge in [-0.3, -0.25) is 4.40 Å². The summed E-state index contributed by atoms with van der Waals surface area (Å²) in [6, 6.07) is 56.3. The summed E-state index contributed by atoms with van der Waals surface area (Å²) in [5.74, 6) is 1.88. The van der Waals surface area contributed by atoms with Crippen molar-refractivity contribution in [1.29, 1.82) is 0 Å². The van der Waals surface area contributed by atoms with E-state index in [9.17, 15) is 0 Å². The summed E-state index contributed by atoms with van der Waals surface area (Å²) >= 11 is 0. The maximum Gasteiger partial charge on any atom is 0.164 e. The van der Waals surface area contributed by atoms with E-state index in [4.69, 9.17) is 24.4 Å². The minimum Gasteiger partial charge on any atom is -0.456 e. The Morgan fingerprint density at radius 3 is 1.52 bits per heavy atom. The summed E-state index contributed by atoms with van der Waals surface area (Å²) in [5.41, 5.74) is 12.0. The van der Waals surface area contributed by atoms with Gasteiger partial charge in [0.15, 0.2) is 17.5 Å². The second kappa shape index (κ2) is 11.2. The third kappa shape index (κ3) is 4.44. The molecule has 6 nitrogen and oxygen atoms in total. The lowest BCUT2D eigenvalue weighted by Gasteiger charge is -2.08. The van der Waals surface area contributed by atoms with Gasteiger partial charge in [0.1, 0.15) is 16.8 Å². The van der Waals surface area contributed by atoms with Crippen LogP contribution in [0.5, 0.6) is 0 Å². The van der Waals surface area contributed by atoms with Crippen LogP contribution in [0.15, 0.2) is 168 Å². The Bertz CT molecular complexity index is 3060. The van der Waals surface area contributed by atoms with Crippen molar-refractivity contribution >= 4 is 49.4 Å². The number of hydrogen-bond donors (Lipinski definition) is 0. The molecule has 0 N–H and O–H groups in total. The summed E-state index contributed by atoms with van der Waals surface area (Å²) in [5, 5.41) is 4.44. The smallest absolute Gasteiger partial charge is 0.164 e. The van der Waals surface area contributed by atoms with E-state index >= 15 is 0 Å². The number of pyridine rings is 1. The molecular formula is C46H27N5O. The number of nitrogens with zero attached hydrogens (tertiary/aromatic N) is 5. The topological polar surface area (TPSA) is 69.1 Å². The lowest BCUT2D eigenvalue weighted by atomic mass is 9.99. The molecule has 0 aliphatic carbocycles. The highest BCUT2D eigenvalue weighted by Crippen LogP contribution is 2.40. The standard InChI is InChI=1S/C46H27N5O/c1-4-11-28(12-5-1)42-43-37-26-31(19-22-34(37)38-17-10-18-41(47-42)51(38)43)32-20-23-39-35(25-32)36-27-33(21-24-40(36)52-39)46-49-44(29-13-6-2-7-14-29)48-45(50-46)30-15-8-3-9-16-30/h1-27H. The van der Waals surface area contributed by atoms with Crippen molar-refractivity contribution in [3.05, 3.63) is 164 Å². The molecular weight excluding hydrogens is 639 g/mol. The fraction of sp³-hybridized carbons (Fsp3) is 0. The van der Waals surface area contributed by atoms with Gasteiger partial charge in [-0.25, -0.2) is 19.9 Å². The van der Waals surface area contributed by atoms with E-state index in [-0.39, 0.29) is 0 Å². The molecule has 6 heteroatoms. The van der Waals surface area contributed by atoms with E-state index in [2.05, 4.69) is 89.3 Å². The Morgan fingerprint density at radius 1 is 0.365 bits per heavy atom. The molecule has 0 atom stereocenters. The Balaban J connectivity index is 1.07. The molecule has 11 aromatic rings. The predicted molar refractivity (Wildman–Crippen MR) is 209 cm³/mol. The van der Waals surface area contributed by atoms with Crippen molar-refractivity contribution in [2.75, 3.05) is 0 Å². The zero-order valence-electron chi connectivity index (χ0n) is 27.7. The first-order valence-corrected chi connectivity index (χ1v) is 17.3. The first kappa shape index (κ1) is 28.6. The number of furan rings is 1. The van der Waals surface area contributed by atoms with Gasteiger partial charge in [-0.2, -0.15) is 0 Å². The minimum absolute atomic E-state index is 0.611. The van der Waals surface area contributed by atoms with Gasteiger partial charge in [0, 0.05) is 43.8 Å². The van der Waals surface area contributed by atoms with E-state index in [1.54, 1.807) is 0 Å². The lowest BCUT2D eigenvalue weighted by Crippen LogP contribution is -2.00. The van der Waals surface area contributed by atoms with Gasteiger partial charge in [0.05, 0.1) is 16.7 Å². The number of rotatable bonds is 5. The molecule has 5 aromatic heterocycles. The molecule has 5 heterocycles. The van der Waals surface area contributed by atoms with Crippen LogP contribution in [0.1, 0.15) is 0 Å².